The van der Waals surface area contributed by atoms with Gasteiger partial charge < -0.3 is 5.11 Å². The van der Waals surface area contributed by atoms with E-state index in [9.17, 15) is 0 Å². The predicted octanol–water partition coefficient (Wildman–Crippen LogP) is 1.47. The normalized spacial score (nSPS) is 11.1. The molecule has 0 aromatic heterocycles. The average molecular weight is 112 g/mol. The standard InChI is InChI=1S/C6H9NO/c1-3-6(2)4-7-5-8/h3,6H,1,4H2,2H3/p+1/t6-/m1/s1. The molecule has 0 bridgehead atoms. The molecular weight excluding hydrogens is 102 g/mol. The first-order chi connectivity index (χ1) is 3.81. The zero-order chi connectivity index (χ0) is 6.41. The van der Waals surface area contributed by atoms with Gasteiger partial charge in [0.2, 0.25) is 0 Å². The van der Waals surface area contributed by atoms with Crippen molar-refractivity contribution in [2.45, 2.75) is 6.92 Å². The molecule has 0 aliphatic carbocycles. The Labute approximate surface area is 49.3 Å². The molecule has 0 radical (unpaired) electrons. The van der Waals surface area contributed by atoms with E-state index in [0.717, 1.165) is 0 Å². The van der Waals surface area contributed by atoms with E-state index < -0.39 is 0 Å². The molecule has 8 heavy (non-hydrogen) atoms. The molecule has 1 N–H and O–H groups in total. The third-order valence-electron chi connectivity index (χ3n) is 0.852. The van der Waals surface area contributed by atoms with Gasteiger partial charge in [0.05, 0.1) is 5.92 Å². The van der Waals surface area contributed by atoms with Crippen LogP contribution >= 0.6 is 0 Å². The van der Waals surface area contributed by atoms with Crippen LogP contribution < -0.4 is 0 Å². The lowest BCUT2D eigenvalue weighted by atomic mass is 10.2. The van der Waals surface area contributed by atoms with Gasteiger partial charge in [0.15, 0.2) is 0 Å². The Balaban J connectivity index is 3.33. The lowest BCUT2D eigenvalue weighted by Gasteiger charge is -1.85. The Morgan fingerprint density at radius 3 is 3.00 bits per heavy atom. The SMILES string of the molecule is C=C[C@@H](C)C[N+]#CO. The highest BCUT2D eigenvalue weighted by molar-refractivity contribution is 4.84. The van der Waals surface area contributed by atoms with Gasteiger partial charge in [-0.05, 0) is 4.85 Å². The fourth-order valence-corrected chi connectivity index (χ4v) is 0.259. The van der Waals surface area contributed by atoms with Crippen molar-refractivity contribution >= 4 is 0 Å². The van der Waals surface area contributed by atoms with E-state index in [1.165, 1.54) is 0 Å². The van der Waals surface area contributed by atoms with Crippen LogP contribution in [0.4, 0.5) is 0 Å². The maximum absolute atomic E-state index is 7.96. The van der Waals surface area contributed by atoms with Crippen LogP contribution in [0.3, 0.4) is 0 Å². The number of hydrogen-bond acceptors (Lipinski definition) is 1. The minimum absolute atomic E-state index is 0.328. The second-order valence-corrected chi connectivity index (χ2v) is 1.65. The molecule has 0 aliphatic rings. The molecule has 0 saturated heterocycles. The highest BCUT2D eigenvalue weighted by Crippen LogP contribution is 1.93. The maximum Gasteiger partial charge on any atom is 0.511 e. The molecule has 0 aromatic carbocycles. The van der Waals surface area contributed by atoms with Crippen LogP contribution in [0.5, 0.6) is 0 Å². The monoisotopic (exact) mass is 112 g/mol. The van der Waals surface area contributed by atoms with Gasteiger partial charge >= 0.3 is 6.26 Å². The molecule has 0 saturated carbocycles. The third kappa shape index (κ3) is 3.23. The number of rotatable bonds is 2. The summed E-state index contributed by atoms with van der Waals surface area (Å²) in [5, 5.41) is 7.96. The number of nitrogens with zero attached hydrogens (tertiary/aromatic N) is 1. The summed E-state index contributed by atoms with van der Waals surface area (Å²) in [5.41, 5.74) is 0. The molecule has 44 valence electrons. The molecule has 0 spiro atoms. The number of aliphatic hydroxyl groups is 1. The van der Waals surface area contributed by atoms with Gasteiger partial charge in [-0.3, -0.25) is 0 Å². The lowest BCUT2D eigenvalue weighted by Crippen LogP contribution is -1.90. The van der Waals surface area contributed by atoms with Crippen molar-refractivity contribution in [1.29, 1.82) is 0 Å². The molecule has 0 rings (SSSR count). The Morgan fingerprint density at radius 2 is 2.62 bits per heavy atom. The van der Waals surface area contributed by atoms with Crippen LogP contribution in [0.15, 0.2) is 12.7 Å². The Kier molecular flexibility index (Phi) is 3.69. The van der Waals surface area contributed by atoms with Crippen molar-refractivity contribution in [1.82, 2.24) is 0 Å². The van der Waals surface area contributed by atoms with Gasteiger partial charge in [0.1, 0.15) is 0 Å². The fraction of sp³-hybridized carbons (Fsp3) is 0.500. The Hall–Kier alpha value is -0.970. The molecular formula is C6H10NO+. The minimum atomic E-state index is 0.328. The van der Waals surface area contributed by atoms with Crippen molar-refractivity contribution in [2.75, 3.05) is 6.54 Å². The molecule has 0 fully saturated rings. The van der Waals surface area contributed by atoms with Gasteiger partial charge in [-0.2, -0.15) is 0 Å². The van der Waals surface area contributed by atoms with E-state index in [-0.39, 0.29) is 0 Å². The van der Waals surface area contributed by atoms with Crippen molar-refractivity contribution in [2.24, 2.45) is 5.92 Å². The van der Waals surface area contributed by atoms with E-state index in [0.29, 0.717) is 12.5 Å². The van der Waals surface area contributed by atoms with Crippen LogP contribution in [0.2, 0.25) is 0 Å². The van der Waals surface area contributed by atoms with Gasteiger partial charge in [-0.1, -0.05) is 13.0 Å². The topological polar surface area (TPSA) is 24.6 Å². The Bertz CT molecular complexity index is 120. The van der Waals surface area contributed by atoms with Gasteiger partial charge in [-0.15, -0.1) is 6.58 Å². The second kappa shape index (κ2) is 4.20. The maximum atomic E-state index is 7.96. The van der Waals surface area contributed by atoms with Crippen LogP contribution in [0.25, 0.3) is 4.85 Å². The molecule has 0 heterocycles. The predicted molar refractivity (Wildman–Crippen MR) is 33.4 cm³/mol. The van der Waals surface area contributed by atoms with E-state index in [1.807, 2.05) is 6.92 Å². The molecule has 0 unspecified atom stereocenters. The molecule has 0 aromatic rings. The highest BCUT2D eigenvalue weighted by atomic mass is 16.2. The molecule has 2 nitrogen and oxygen atoms in total. The molecule has 0 aliphatic heterocycles. The summed E-state index contributed by atoms with van der Waals surface area (Å²) in [6, 6.07) is 0. The largest absolute Gasteiger partial charge is 0.511 e. The second-order valence-electron chi connectivity index (χ2n) is 1.65. The first-order valence-electron chi connectivity index (χ1n) is 2.49. The zero-order valence-electron chi connectivity index (χ0n) is 4.96. The summed E-state index contributed by atoms with van der Waals surface area (Å²) in [7, 11) is 0. The number of hydrogen-bond donors (Lipinski definition) is 1. The number of aliphatic hydroxyl groups excluding tert-OH is 1. The summed E-state index contributed by atoms with van der Waals surface area (Å²) >= 11 is 0. The quantitative estimate of drug-likeness (QED) is 0.424. The van der Waals surface area contributed by atoms with Crippen LogP contribution in [0.1, 0.15) is 6.92 Å². The fourth-order valence-electron chi connectivity index (χ4n) is 0.259. The summed E-state index contributed by atoms with van der Waals surface area (Å²) in [5.74, 6) is 0.328. The van der Waals surface area contributed by atoms with Crippen LogP contribution in [-0.2, 0) is 0 Å². The van der Waals surface area contributed by atoms with Crippen LogP contribution in [0, 0.1) is 12.2 Å². The van der Waals surface area contributed by atoms with Crippen molar-refractivity contribution in [3.63, 3.8) is 0 Å². The molecule has 1 atom stereocenters. The summed E-state index contributed by atoms with van der Waals surface area (Å²) in [4.78, 5) is 3.48. The average Bonchev–Trinajstić information content (AvgIpc) is 1.83. The zero-order valence-corrected chi connectivity index (χ0v) is 4.96. The van der Waals surface area contributed by atoms with Crippen LogP contribution in [-0.4, -0.2) is 11.7 Å². The van der Waals surface area contributed by atoms with Gasteiger partial charge in [0.25, 0.3) is 6.54 Å². The van der Waals surface area contributed by atoms with Gasteiger partial charge in [0, 0.05) is 0 Å². The smallest absolute Gasteiger partial charge is 0.408 e. The molecule has 2 heteroatoms. The van der Waals surface area contributed by atoms with Crippen molar-refractivity contribution in [3.8, 4) is 6.26 Å². The van der Waals surface area contributed by atoms with E-state index >= 15 is 0 Å². The summed E-state index contributed by atoms with van der Waals surface area (Å²) in [6.07, 6.45) is 3.49. The minimum Gasteiger partial charge on any atom is -0.408 e. The highest BCUT2D eigenvalue weighted by Gasteiger charge is 1.99. The van der Waals surface area contributed by atoms with Crippen molar-refractivity contribution in [3.05, 3.63) is 17.5 Å². The van der Waals surface area contributed by atoms with E-state index in [2.05, 4.69) is 11.4 Å². The first kappa shape index (κ1) is 7.03. The van der Waals surface area contributed by atoms with E-state index in [1.54, 1.807) is 12.3 Å². The van der Waals surface area contributed by atoms with Crippen molar-refractivity contribution < 1.29 is 5.11 Å². The third-order valence-corrected chi connectivity index (χ3v) is 0.852. The summed E-state index contributed by atoms with van der Waals surface area (Å²) in [6.45, 7) is 6.08. The summed E-state index contributed by atoms with van der Waals surface area (Å²) < 4.78 is 0. The Morgan fingerprint density at radius 1 is 2.00 bits per heavy atom. The van der Waals surface area contributed by atoms with E-state index in [4.69, 9.17) is 5.11 Å². The first-order valence-corrected chi connectivity index (χ1v) is 2.49. The van der Waals surface area contributed by atoms with Gasteiger partial charge in [-0.25, -0.2) is 0 Å². The molecule has 0 amide bonds. The lowest BCUT2D eigenvalue weighted by molar-refractivity contribution is 0.513.